The number of amides is 2. The molecule has 11 heteroatoms. The summed E-state index contributed by atoms with van der Waals surface area (Å²) in [6.45, 7) is 5.17. The molecule has 206 valence electrons. The molecule has 1 atom stereocenters. The molecule has 4 rings (SSSR count). The van der Waals surface area contributed by atoms with Crippen molar-refractivity contribution in [1.29, 1.82) is 0 Å². The smallest absolute Gasteiger partial charge is 0.247 e. The first-order valence-corrected chi connectivity index (χ1v) is 15.6. The van der Waals surface area contributed by atoms with Gasteiger partial charge in [-0.05, 0) is 43.9 Å². The van der Waals surface area contributed by atoms with E-state index in [0.29, 0.717) is 39.1 Å². The van der Waals surface area contributed by atoms with Gasteiger partial charge in [-0.3, -0.25) is 13.9 Å². The second kappa shape index (κ2) is 11.5. The zero-order valence-electron chi connectivity index (χ0n) is 21.9. The molecule has 9 nitrogen and oxygen atoms in total. The molecule has 2 heterocycles. The third-order valence-corrected chi connectivity index (χ3v) is 9.90. The number of benzene rings is 2. The van der Waals surface area contributed by atoms with Crippen LogP contribution in [-0.2, 0) is 36.4 Å². The first-order chi connectivity index (χ1) is 18.0. The number of ether oxygens (including phenoxy) is 1. The molecule has 1 fully saturated rings. The standard InChI is InChI=1S/C27H35IN4O5S/c1-26(2,30-28)25(34)29-22(18-37-17-20-9-5-4-6-10-20)24(33)31-15-13-27(14-16-31)19-32(38(3,35)36)23-12-8-7-11-21(23)27/h4-12,22,30H,13-19H2,1-3H3,(H,29,34)/t22-/m1/s1. The van der Waals surface area contributed by atoms with Crippen molar-refractivity contribution in [2.24, 2.45) is 0 Å². The van der Waals surface area contributed by atoms with Crippen LogP contribution in [0.4, 0.5) is 5.69 Å². The lowest BCUT2D eigenvalue weighted by atomic mass is 9.74. The second-order valence-corrected chi connectivity index (χ2v) is 13.1. The Labute approximate surface area is 238 Å². The molecule has 0 radical (unpaired) electrons. The molecule has 0 saturated carbocycles. The molecule has 2 amide bonds. The Morgan fingerprint density at radius 1 is 1.08 bits per heavy atom. The summed E-state index contributed by atoms with van der Waals surface area (Å²) in [5.74, 6) is -0.493. The van der Waals surface area contributed by atoms with Gasteiger partial charge in [-0.25, -0.2) is 11.9 Å². The van der Waals surface area contributed by atoms with E-state index in [9.17, 15) is 18.0 Å². The number of carbonyl (C=O) groups is 2. The van der Waals surface area contributed by atoms with Gasteiger partial charge in [0, 0.05) is 47.9 Å². The molecular formula is C27H35IN4O5S. The highest BCUT2D eigenvalue weighted by atomic mass is 127. The summed E-state index contributed by atoms with van der Waals surface area (Å²) in [5, 5.41) is 2.89. The van der Waals surface area contributed by atoms with Crippen LogP contribution in [0.2, 0.25) is 0 Å². The van der Waals surface area contributed by atoms with Crippen molar-refractivity contribution in [1.82, 2.24) is 13.7 Å². The van der Waals surface area contributed by atoms with E-state index in [1.54, 1.807) is 18.7 Å². The average Bonchev–Trinajstić information content (AvgIpc) is 3.23. The largest absolute Gasteiger partial charge is 0.374 e. The van der Waals surface area contributed by atoms with Crippen molar-refractivity contribution in [3.63, 3.8) is 0 Å². The summed E-state index contributed by atoms with van der Waals surface area (Å²) < 4.78 is 35.3. The molecular weight excluding hydrogens is 619 g/mol. The quantitative estimate of drug-likeness (QED) is 0.318. The molecule has 2 N–H and O–H groups in total. The second-order valence-electron chi connectivity index (χ2n) is 10.6. The Bertz CT molecular complexity index is 1260. The van der Waals surface area contributed by atoms with Gasteiger partial charge in [0.25, 0.3) is 0 Å². The topological polar surface area (TPSA) is 108 Å². The van der Waals surface area contributed by atoms with Gasteiger partial charge in [-0.15, -0.1) is 0 Å². The molecule has 1 spiro atoms. The van der Waals surface area contributed by atoms with Crippen molar-refractivity contribution >= 4 is 50.4 Å². The highest BCUT2D eigenvalue weighted by Gasteiger charge is 2.48. The molecule has 2 aromatic carbocycles. The summed E-state index contributed by atoms with van der Waals surface area (Å²) in [4.78, 5) is 28.4. The molecule has 0 aromatic heterocycles. The fourth-order valence-corrected chi connectivity index (χ4v) is 6.35. The van der Waals surface area contributed by atoms with Crippen LogP contribution in [0.3, 0.4) is 0 Å². The van der Waals surface area contributed by atoms with Gasteiger partial charge in [0.2, 0.25) is 21.8 Å². The molecule has 38 heavy (non-hydrogen) atoms. The lowest BCUT2D eigenvalue weighted by molar-refractivity contribution is -0.140. The van der Waals surface area contributed by atoms with Crippen molar-refractivity contribution in [2.75, 3.05) is 36.8 Å². The SMILES string of the molecule is CC(C)(NI)C(=O)N[C@H](COCc1ccccc1)C(=O)N1CCC2(CC1)CN(S(C)(=O)=O)c1ccccc12. The maximum absolute atomic E-state index is 13.7. The molecule has 0 bridgehead atoms. The summed E-state index contributed by atoms with van der Waals surface area (Å²) >= 11 is 1.93. The number of para-hydroxylation sites is 1. The van der Waals surface area contributed by atoms with Crippen molar-refractivity contribution in [3.8, 4) is 0 Å². The van der Waals surface area contributed by atoms with E-state index in [-0.39, 0.29) is 23.8 Å². The van der Waals surface area contributed by atoms with Crippen LogP contribution in [0.15, 0.2) is 54.6 Å². The number of likely N-dealkylation sites (tertiary alicyclic amines) is 1. The summed E-state index contributed by atoms with van der Waals surface area (Å²) in [6, 6.07) is 16.5. The van der Waals surface area contributed by atoms with Gasteiger partial charge in [-0.1, -0.05) is 48.5 Å². The number of sulfonamides is 1. The third-order valence-electron chi connectivity index (χ3n) is 7.43. The normalized spacial score (nSPS) is 17.8. The van der Waals surface area contributed by atoms with Gasteiger partial charge >= 0.3 is 0 Å². The van der Waals surface area contributed by atoms with Crippen LogP contribution in [0.1, 0.15) is 37.8 Å². The first kappa shape index (κ1) is 28.8. The van der Waals surface area contributed by atoms with E-state index in [2.05, 4.69) is 8.85 Å². The molecule has 2 aromatic rings. The van der Waals surface area contributed by atoms with Crippen LogP contribution < -0.4 is 13.2 Å². The number of rotatable bonds is 9. The monoisotopic (exact) mass is 654 g/mol. The van der Waals surface area contributed by atoms with Crippen LogP contribution in [0.5, 0.6) is 0 Å². The fraction of sp³-hybridized carbons (Fsp3) is 0.481. The van der Waals surface area contributed by atoms with Crippen molar-refractivity contribution in [2.45, 2.75) is 50.3 Å². The number of carbonyl (C=O) groups excluding carboxylic acids is 2. The number of hydrogen-bond donors (Lipinski definition) is 2. The Morgan fingerprint density at radius 2 is 1.71 bits per heavy atom. The number of hydrogen-bond acceptors (Lipinski definition) is 6. The van der Waals surface area contributed by atoms with Gasteiger partial charge in [-0.2, -0.15) is 0 Å². The first-order valence-electron chi connectivity index (χ1n) is 12.6. The minimum atomic E-state index is -3.42. The predicted molar refractivity (Wildman–Crippen MR) is 155 cm³/mol. The maximum atomic E-state index is 13.7. The predicted octanol–water partition coefficient (Wildman–Crippen LogP) is 2.75. The van der Waals surface area contributed by atoms with E-state index in [1.807, 2.05) is 77.5 Å². The average molecular weight is 655 g/mol. The number of fused-ring (bicyclic) bond motifs is 2. The number of nitrogens with zero attached hydrogens (tertiary/aromatic N) is 2. The third kappa shape index (κ3) is 6.16. The zero-order chi connectivity index (χ0) is 27.6. The minimum absolute atomic E-state index is 0.0448. The lowest BCUT2D eigenvalue weighted by Gasteiger charge is -2.41. The van der Waals surface area contributed by atoms with Crippen LogP contribution in [-0.4, -0.2) is 69.2 Å². The Hall–Kier alpha value is -2.22. The Morgan fingerprint density at radius 3 is 2.34 bits per heavy atom. The minimum Gasteiger partial charge on any atom is -0.374 e. The summed E-state index contributed by atoms with van der Waals surface area (Å²) in [7, 11) is -3.42. The van der Waals surface area contributed by atoms with Crippen molar-refractivity contribution in [3.05, 3.63) is 65.7 Å². The van der Waals surface area contributed by atoms with E-state index in [4.69, 9.17) is 4.74 Å². The van der Waals surface area contributed by atoms with Gasteiger partial charge in [0.05, 0.1) is 25.2 Å². The zero-order valence-corrected chi connectivity index (χ0v) is 24.9. The van der Waals surface area contributed by atoms with E-state index in [1.165, 1.54) is 10.6 Å². The summed E-state index contributed by atoms with van der Waals surface area (Å²) in [5.41, 5.74) is 1.51. The van der Waals surface area contributed by atoms with E-state index < -0.39 is 21.6 Å². The number of nitrogens with one attached hydrogen (secondary N) is 2. The van der Waals surface area contributed by atoms with E-state index in [0.717, 1.165) is 16.8 Å². The molecule has 1 saturated heterocycles. The lowest BCUT2D eigenvalue weighted by Crippen LogP contribution is -2.59. The van der Waals surface area contributed by atoms with Gasteiger partial charge < -0.3 is 15.0 Å². The van der Waals surface area contributed by atoms with Gasteiger partial charge in [0.1, 0.15) is 11.6 Å². The highest BCUT2D eigenvalue weighted by Crippen LogP contribution is 2.47. The van der Waals surface area contributed by atoms with Crippen LogP contribution >= 0.6 is 22.9 Å². The van der Waals surface area contributed by atoms with Gasteiger partial charge in [0.15, 0.2) is 0 Å². The molecule has 2 aliphatic heterocycles. The maximum Gasteiger partial charge on any atom is 0.247 e. The Kier molecular flexibility index (Phi) is 8.70. The van der Waals surface area contributed by atoms with E-state index >= 15 is 0 Å². The van der Waals surface area contributed by atoms with Crippen LogP contribution in [0.25, 0.3) is 0 Å². The Balaban J connectivity index is 1.47. The number of piperidine rings is 1. The fourth-order valence-electron chi connectivity index (χ4n) is 5.11. The number of halogens is 1. The molecule has 2 aliphatic rings. The van der Waals surface area contributed by atoms with Crippen molar-refractivity contribution < 1.29 is 22.7 Å². The summed E-state index contributed by atoms with van der Waals surface area (Å²) in [6.07, 6.45) is 2.50. The van der Waals surface area contributed by atoms with Crippen LogP contribution in [0, 0.1) is 0 Å². The molecule has 0 unspecified atom stereocenters. The molecule has 0 aliphatic carbocycles. The highest BCUT2D eigenvalue weighted by molar-refractivity contribution is 14.1. The number of anilines is 1.